The van der Waals surface area contributed by atoms with Gasteiger partial charge in [-0.05, 0) is 20.3 Å². The summed E-state index contributed by atoms with van der Waals surface area (Å²) < 4.78 is 4.90. The molecule has 0 fully saturated rings. The third-order valence-electron chi connectivity index (χ3n) is 1.91. The molecule has 0 unspecified atom stereocenters. The molecule has 0 aromatic heterocycles. The number of nitrogens with one attached hydrogen (secondary N) is 1. The normalized spacial score (nSPS) is 23.2. The van der Waals surface area contributed by atoms with Gasteiger partial charge in [0.2, 0.25) is 0 Å². The van der Waals surface area contributed by atoms with E-state index in [1.165, 1.54) is 5.57 Å². The van der Waals surface area contributed by atoms with Crippen LogP contribution in [0.4, 0.5) is 0 Å². The number of hydrogen-bond acceptors (Lipinski definition) is 3. The van der Waals surface area contributed by atoms with E-state index in [-0.39, 0.29) is 12.0 Å². The SMILES string of the molecule is CCOC(=O)[C@@H]1CC(C)=CCN1. The molecule has 3 nitrogen and oxygen atoms in total. The highest BCUT2D eigenvalue weighted by atomic mass is 16.5. The van der Waals surface area contributed by atoms with Crippen LogP contribution in [0.25, 0.3) is 0 Å². The van der Waals surface area contributed by atoms with E-state index in [0.717, 1.165) is 13.0 Å². The van der Waals surface area contributed by atoms with Gasteiger partial charge in [0.1, 0.15) is 6.04 Å². The van der Waals surface area contributed by atoms with Gasteiger partial charge in [0.25, 0.3) is 0 Å². The lowest BCUT2D eigenvalue weighted by molar-refractivity contribution is -0.145. The smallest absolute Gasteiger partial charge is 0.323 e. The predicted octanol–water partition coefficient (Wildman–Crippen LogP) is 0.858. The van der Waals surface area contributed by atoms with Crippen molar-refractivity contribution in [1.82, 2.24) is 5.32 Å². The highest BCUT2D eigenvalue weighted by Crippen LogP contribution is 2.09. The second-order valence-corrected chi connectivity index (χ2v) is 2.97. The number of ether oxygens (including phenoxy) is 1. The highest BCUT2D eigenvalue weighted by molar-refractivity contribution is 5.76. The van der Waals surface area contributed by atoms with Gasteiger partial charge < -0.3 is 10.1 Å². The summed E-state index contributed by atoms with van der Waals surface area (Å²) in [4.78, 5) is 11.2. The van der Waals surface area contributed by atoms with Crippen molar-refractivity contribution in [2.45, 2.75) is 26.3 Å². The quantitative estimate of drug-likeness (QED) is 0.492. The lowest BCUT2D eigenvalue weighted by atomic mass is 10.0. The van der Waals surface area contributed by atoms with Gasteiger partial charge in [0, 0.05) is 6.54 Å². The Bertz CT molecular complexity index is 199. The maximum absolute atomic E-state index is 11.2. The van der Waals surface area contributed by atoms with Crippen LogP contribution >= 0.6 is 0 Å². The minimum Gasteiger partial charge on any atom is -0.465 e. The molecule has 0 aliphatic carbocycles. The molecule has 0 radical (unpaired) electrons. The average molecular weight is 169 g/mol. The summed E-state index contributed by atoms with van der Waals surface area (Å²) in [5.74, 6) is -0.134. The van der Waals surface area contributed by atoms with E-state index in [1.54, 1.807) is 0 Å². The Morgan fingerprint density at radius 3 is 3.17 bits per heavy atom. The van der Waals surface area contributed by atoms with Crippen molar-refractivity contribution in [2.24, 2.45) is 0 Å². The zero-order chi connectivity index (χ0) is 8.97. The zero-order valence-corrected chi connectivity index (χ0v) is 7.59. The van der Waals surface area contributed by atoms with E-state index >= 15 is 0 Å². The maximum atomic E-state index is 11.2. The van der Waals surface area contributed by atoms with E-state index in [4.69, 9.17) is 4.74 Å². The lowest BCUT2D eigenvalue weighted by Gasteiger charge is -2.20. The lowest BCUT2D eigenvalue weighted by Crippen LogP contribution is -2.40. The van der Waals surface area contributed by atoms with Crippen LogP contribution in [0.3, 0.4) is 0 Å². The third kappa shape index (κ3) is 2.34. The molecule has 1 atom stereocenters. The van der Waals surface area contributed by atoms with E-state index < -0.39 is 0 Å². The fraction of sp³-hybridized carbons (Fsp3) is 0.667. The molecular weight excluding hydrogens is 154 g/mol. The molecule has 1 aliphatic heterocycles. The summed E-state index contributed by atoms with van der Waals surface area (Å²) >= 11 is 0. The van der Waals surface area contributed by atoms with Crippen LogP contribution in [0, 0.1) is 0 Å². The summed E-state index contributed by atoms with van der Waals surface area (Å²) in [5, 5.41) is 3.08. The van der Waals surface area contributed by atoms with Gasteiger partial charge in [-0.1, -0.05) is 11.6 Å². The highest BCUT2D eigenvalue weighted by Gasteiger charge is 2.21. The Hall–Kier alpha value is -0.830. The standard InChI is InChI=1S/C9H15NO2/c1-3-12-9(11)8-6-7(2)4-5-10-8/h4,8,10H,3,5-6H2,1-2H3/t8-/m0/s1. The van der Waals surface area contributed by atoms with Crippen LogP contribution in [-0.2, 0) is 9.53 Å². The summed E-state index contributed by atoms with van der Waals surface area (Å²) in [7, 11) is 0. The molecule has 1 rings (SSSR count). The second-order valence-electron chi connectivity index (χ2n) is 2.97. The molecule has 0 bridgehead atoms. The largest absolute Gasteiger partial charge is 0.465 e. The van der Waals surface area contributed by atoms with E-state index in [0.29, 0.717) is 6.61 Å². The maximum Gasteiger partial charge on any atom is 0.323 e. The van der Waals surface area contributed by atoms with Crippen LogP contribution in [0.2, 0.25) is 0 Å². The van der Waals surface area contributed by atoms with Crippen molar-refractivity contribution in [3.05, 3.63) is 11.6 Å². The van der Waals surface area contributed by atoms with Crippen molar-refractivity contribution in [1.29, 1.82) is 0 Å². The minimum atomic E-state index is -0.134. The van der Waals surface area contributed by atoms with Gasteiger partial charge in [-0.15, -0.1) is 0 Å². The first kappa shape index (κ1) is 9.26. The molecule has 3 heteroatoms. The third-order valence-corrected chi connectivity index (χ3v) is 1.91. The van der Waals surface area contributed by atoms with Gasteiger partial charge in [0.15, 0.2) is 0 Å². The Kier molecular flexibility index (Phi) is 3.29. The van der Waals surface area contributed by atoms with Crippen LogP contribution in [-0.4, -0.2) is 25.2 Å². The molecule has 0 amide bonds. The molecule has 0 saturated carbocycles. The zero-order valence-electron chi connectivity index (χ0n) is 7.59. The summed E-state index contributed by atoms with van der Waals surface area (Å²) in [6.45, 7) is 5.09. The fourth-order valence-electron chi connectivity index (χ4n) is 1.26. The molecule has 0 saturated heterocycles. The van der Waals surface area contributed by atoms with Crippen LogP contribution in [0.15, 0.2) is 11.6 Å². The first-order chi connectivity index (χ1) is 5.74. The topological polar surface area (TPSA) is 38.3 Å². The molecule has 1 heterocycles. The van der Waals surface area contributed by atoms with Gasteiger partial charge in [-0.3, -0.25) is 4.79 Å². The van der Waals surface area contributed by atoms with Crippen molar-refractivity contribution >= 4 is 5.97 Å². The number of rotatable bonds is 2. The Balaban J connectivity index is 2.43. The summed E-state index contributed by atoms with van der Waals surface area (Å²) in [6, 6.07) is -0.130. The van der Waals surface area contributed by atoms with Gasteiger partial charge in [-0.2, -0.15) is 0 Å². The van der Waals surface area contributed by atoms with Crippen LogP contribution in [0.1, 0.15) is 20.3 Å². The first-order valence-electron chi connectivity index (χ1n) is 4.29. The molecular formula is C9H15NO2. The molecule has 68 valence electrons. The Morgan fingerprint density at radius 1 is 1.83 bits per heavy atom. The molecule has 0 spiro atoms. The second kappa shape index (κ2) is 4.26. The number of carbonyl (C=O) groups excluding carboxylic acids is 1. The molecule has 1 aliphatic rings. The number of hydrogen-bond donors (Lipinski definition) is 1. The van der Waals surface area contributed by atoms with Gasteiger partial charge in [-0.25, -0.2) is 0 Å². The fourth-order valence-corrected chi connectivity index (χ4v) is 1.26. The van der Waals surface area contributed by atoms with Gasteiger partial charge >= 0.3 is 5.97 Å². The van der Waals surface area contributed by atoms with Crippen molar-refractivity contribution in [3.8, 4) is 0 Å². The minimum absolute atomic E-state index is 0.130. The van der Waals surface area contributed by atoms with E-state index in [1.807, 2.05) is 13.8 Å². The van der Waals surface area contributed by atoms with E-state index in [2.05, 4.69) is 11.4 Å². The van der Waals surface area contributed by atoms with Crippen molar-refractivity contribution < 1.29 is 9.53 Å². The van der Waals surface area contributed by atoms with Crippen LogP contribution in [0.5, 0.6) is 0 Å². The summed E-state index contributed by atoms with van der Waals surface area (Å²) in [6.07, 6.45) is 2.87. The molecule has 12 heavy (non-hydrogen) atoms. The molecule has 0 aromatic rings. The van der Waals surface area contributed by atoms with Crippen molar-refractivity contribution in [2.75, 3.05) is 13.2 Å². The Morgan fingerprint density at radius 2 is 2.58 bits per heavy atom. The number of carbonyl (C=O) groups is 1. The molecule has 1 N–H and O–H groups in total. The average Bonchev–Trinajstić information content (AvgIpc) is 2.05. The number of esters is 1. The van der Waals surface area contributed by atoms with E-state index in [9.17, 15) is 4.79 Å². The van der Waals surface area contributed by atoms with Crippen molar-refractivity contribution in [3.63, 3.8) is 0 Å². The first-order valence-corrected chi connectivity index (χ1v) is 4.29. The van der Waals surface area contributed by atoms with Crippen LogP contribution < -0.4 is 5.32 Å². The molecule has 0 aromatic carbocycles. The monoisotopic (exact) mass is 169 g/mol. The predicted molar refractivity (Wildman–Crippen MR) is 46.8 cm³/mol. The van der Waals surface area contributed by atoms with Gasteiger partial charge in [0.05, 0.1) is 6.61 Å². The summed E-state index contributed by atoms with van der Waals surface area (Å²) in [5.41, 5.74) is 1.26. The Labute approximate surface area is 72.8 Å².